The monoisotopic (exact) mass is 208 g/mol. The minimum absolute atomic E-state index is 0.312. The van der Waals surface area contributed by atoms with Gasteiger partial charge in [0.15, 0.2) is 0 Å². The van der Waals surface area contributed by atoms with E-state index in [-0.39, 0.29) is 0 Å². The lowest BCUT2D eigenvalue weighted by Gasteiger charge is -2.17. The van der Waals surface area contributed by atoms with Crippen LogP contribution in [-0.4, -0.2) is 19.3 Å². The number of aryl methyl sites for hydroxylation is 1. The molecule has 3 nitrogen and oxygen atoms in total. The lowest BCUT2D eigenvalue weighted by molar-refractivity contribution is 0.141. The van der Waals surface area contributed by atoms with Gasteiger partial charge in [-0.25, -0.2) is 0 Å². The highest BCUT2D eigenvalue weighted by molar-refractivity contribution is 5.57. The fourth-order valence-electron chi connectivity index (χ4n) is 1.45. The molecule has 1 rings (SSSR count). The van der Waals surface area contributed by atoms with E-state index in [0.717, 1.165) is 24.6 Å². The molecule has 0 aliphatic rings. The van der Waals surface area contributed by atoms with Gasteiger partial charge in [-0.15, -0.1) is 0 Å². The molecule has 84 valence electrons. The Morgan fingerprint density at radius 3 is 2.80 bits per heavy atom. The predicted octanol–water partition coefficient (Wildman–Crippen LogP) is 2.41. The number of ether oxygens (including phenoxy) is 1. The van der Waals surface area contributed by atoms with E-state index in [1.54, 1.807) is 0 Å². The first-order chi connectivity index (χ1) is 7.13. The van der Waals surface area contributed by atoms with Gasteiger partial charge in [-0.3, -0.25) is 0 Å². The average molecular weight is 208 g/mol. The first-order valence-electron chi connectivity index (χ1n) is 5.34. The number of nitrogens with two attached hydrogens (primary N) is 1. The largest absolute Gasteiger partial charge is 0.399 e. The molecule has 3 heteroatoms. The van der Waals surface area contributed by atoms with Crippen molar-refractivity contribution in [3.8, 4) is 0 Å². The Kier molecular flexibility index (Phi) is 4.43. The fraction of sp³-hybridized carbons (Fsp3) is 0.500. The Morgan fingerprint density at radius 1 is 1.47 bits per heavy atom. The standard InChI is InChI=1S/C12H20N2O/c1-4-15-8-10(3)14-12-6-5-11(13)7-9(12)2/h5-7,10,14H,4,8,13H2,1-3H3. The zero-order valence-electron chi connectivity index (χ0n) is 9.71. The van der Waals surface area contributed by atoms with Crippen LogP contribution >= 0.6 is 0 Å². The summed E-state index contributed by atoms with van der Waals surface area (Å²) in [4.78, 5) is 0. The molecule has 1 unspecified atom stereocenters. The maximum atomic E-state index is 5.69. The molecular formula is C12H20N2O. The molecule has 0 amide bonds. The first-order valence-corrected chi connectivity index (χ1v) is 5.34. The lowest BCUT2D eigenvalue weighted by Crippen LogP contribution is -2.22. The Balaban J connectivity index is 2.56. The van der Waals surface area contributed by atoms with Gasteiger partial charge < -0.3 is 15.8 Å². The van der Waals surface area contributed by atoms with Crippen molar-refractivity contribution in [1.82, 2.24) is 0 Å². The molecule has 0 saturated heterocycles. The van der Waals surface area contributed by atoms with Gasteiger partial charge >= 0.3 is 0 Å². The molecular weight excluding hydrogens is 188 g/mol. The van der Waals surface area contributed by atoms with Crippen LogP contribution in [0, 0.1) is 6.92 Å². The second-order valence-electron chi connectivity index (χ2n) is 3.78. The Labute approximate surface area is 91.6 Å². The molecule has 0 aliphatic heterocycles. The van der Waals surface area contributed by atoms with Crippen molar-refractivity contribution < 1.29 is 4.74 Å². The number of rotatable bonds is 5. The highest BCUT2D eigenvalue weighted by atomic mass is 16.5. The molecule has 0 spiro atoms. The predicted molar refractivity (Wildman–Crippen MR) is 65.2 cm³/mol. The Morgan fingerprint density at radius 2 is 2.20 bits per heavy atom. The van der Waals surface area contributed by atoms with E-state index in [4.69, 9.17) is 10.5 Å². The van der Waals surface area contributed by atoms with Gasteiger partial charge in [0.25, 0.3) is 0 Å². The Hall–Kier alpha value is -1.22. The van der Waals surface area contributed by atoms with Crippen molar-refractivity contribution in [3.63, 3.8) is 0 Å². The second-order valence-corrected chi connectivity index (χ2v) is 3.78. The van der Waals surface area contributed by atoms with Crippen LogP contribution in [0.3, 0.4) is 0 Å². The molecule has 15 heavy (non-hydrogen) atoms. The number of nitrogens with one attached hydrogen (secondary N) is 1. The summed E-state index contributed by atoms with van der Waals surface area (Å²) < 4.78 is 5.34. The van der Waals surface area contributed by atoms with Crippen molar-refractivity contribution in [1.29, 1.82) is 0 Å². The van der Waals surface area contributed by atoms with Gasteiger partial charge in [-0.1, -0.05) is 0 Å². The summed E-state index contributed by atoms with van der Waals surface area (Å²) in [6.45, 7) is 7.63. The molecule has 0 heterocycles. The molecule has 1 aromatic carbocycles. The number of nitrogen functional groups attached to an aromatic ring is 1. The quantitative estimate of drug-likeness (QED) is 0.730. The molecule has 3 N–H and O–H groups in total. The van der Waals surface area contributed by atoms with Crippen LogP contribution in [-0.2, 0) is 4.74 Å². The average Bonchev–Trinajstić information content (AvgIpc) is 2.19. The van der Waals surface area contributed by atoms with E-state index in [2.05, 4.69) is 12.2 Å². The number of benzene rings is 1. The fourth-order valence-corrected chi connectivity index (χ4v) is 1.45. The molecule has 0 aromatic heterocycles. The molecule has 0 radical (unpaired) electrons. The lowest BCUT2D eigenvalue weighted by atomic mass is 10.1. The highest BCUT2D eigenvalue weighted by Gasteiger charge is 2.03. The highest BCUT2D eigenvalue weighted by Crippen LogP contribution is 2.18. The summed E-state index contributed by atoms with van der Waals surface area (Å²) in [6, 6.07) is 6.19. The Bertz CT molecular complexity index is 312. The smallest absolute Gasteiger partial charge is 0.0664 e. The van der Waals surface area contributed by atoms with Crippen molar-refractivity contribution in [3.05, 3.63) is 23.8 Å². The third-order valence-corrected chi connectivity index (χ3v) is 2.22. The maximum Gasteiger partial charge on any atom is 0.0664 e. The maximum absolute atomic E-state index is 5.69. The third kappa shape index (κ3) is 3.80. The van der Waals surface area contributed by atoms with Crippen molar-refractivity contribution >= 4 is 11.4 Å². The summed E-state index contributed by atoms with van der Waals surface area (Å²) in [5, 5.41) is 3.39. The summed E-state index contributed by atoms with van der Waals surface area (Å²) >= 11 is 0. The molecule has 1 aromatic rings. The van der Waals surface area contributed by atoms with Crippen LogP contribution in [0.1, 0.15) is 19.4 Å². The van der Waals surface area contributed by atoms with E-state index in [9.17, 15) is 0 Å². The molecule has 0 bridgehead atoms. The van der Waals surface area contributed by atoms with E-state index >= 15 is 0 Å². The topological polar surface area (TPSA) is 47.3 Å². The third-order valence-electron chi connectivity index (χ3n) is 2.22. The molecule has 0 aliphatic carbocycles. The van der Waals surface area contributed by atoms with E-state index < -0.39 is 0 Å². The van der Waals surface area contributed by atoms with E-state index in [0.29, 0.717) is 6.04 Å². The molecule has 0 fully saturated rings. The van der Waals surface area contributed by atoms with E-state index in [1.165, 1.54) is 5.56 Å². The number of hydrogen-bond donors (Lipinski definition) is 2. The zero-order valence-corrected chi connectivity index (χ0v) is 9.71. The normalized spacial score (nSPS) is 12.5. The molecule has 0 saturated carbocycles. The zero-order chi connectivity index (χ0) is 11.3. The van der Waals surface area contributed by atoms with Crippen molar-refractivity contribution in [2.45, 2.75) is 26.8 Å². The van der Waals surface area contributed by atoms with Crippen molar-refractivity contribution in [2.24, 2.45) is 0 Å². The van der Waals surface area contributed by atoms with Crippen molar-refractivity contribution in [2.75, 3.05) is 24.3 Å². The molecule has 1 atom stereocenters. The van der Waals surface area contributed by atoms with Gasteiger partial charge in [0, 0.05) is 24.0 Å². The van der Waals surface area contributed by atoms with Gasteiger partial charge in [-0.05, 0) is 44.5 Å². The summed E-state index contributed by atoms with van der Waals surface area (Å²) in [6.07, 6.45) is 0. The van der Waals surface area contributed by atoms with Crippen LogP contribution in [0.2, 0.25) is 0 Å². The number of hydrogen-bond acceptors (Lipinski definition) is 3. The summed E-state index contributed by atoms with van der Waals surface area (Å²) in [5.74, 6) is 0. The van der Waals surface area contributed by atoms with E-state index in [1.807, 2.05) is 32.0 Å². The minimum Gasteiger partial charge on any atom is -0.399 e. The van der Waals surface area contributed by atoms with Crippen LogP contribution in [0.25, 0.3) is 0 Å². The first kappa shape index (κ1) is 11.9. The SMILES string of the molecule is CCOCC(C)Nc1ccc(N)cc1C. The van der Waals surface area contributed by atoms with Gasteiger partial charge in [0.1, 0.15) is 0 Å². The van der Waals surface area contributed by atoms with Gasteiger partial charge in [0.05, 0.1) is 6.61 Å². The minimum atomic E-state index is 0.312. The van der Waals surface area contributed by atoms with Crippen LogP contribution in [0.15, 0.2) is 18.2 Å². The van der Waals surface area contributed by atoms with Crippen LogP contribution in [0.5, 0.6) is 0 Å². The van der Waals surface area contributed by atoms with Gasteiger partial charge in [0.2, 0.25) is 0 Å². The van der Waals surface area contributed by atoms with Crippen LogP contribution in [0.4, 0.5) is 11.4 Å². The summed E-state index contributed by atoms with van der Waals surface area (Å²) in [5.41, 5.74) is 8.77. The number of anilines is 2. The second kappa shape index (κ2) is 5.61. The van der Waals surface area contributed by atoms with Crippen LogP contribution < -0.4 is 11.1 Å². The summed E-state index contributed by atoms with van der Waals surface area (Å²) in [7, 11) is 0. The van der Waals surface area contributed by atoms with Gasteiger partial charge in [-0.2, -0.15) is 0 Å².